The second-order valence-corrected chi connectivity index (χ2v) is 5.03. The summed E-state index contributed by atoms with van der Waals surface area (Å²) in [7, 11) is 1.69. The lowest BCUT2D eigenvalue weighted by molar-refractivity contribution is 0.0716. The molecule has 102 valence electrons. The van der Waals surface area contributed by atoms with Crippen molar-refractivity contribution in [1.82, 2.24) is 5.32 Å². The number of hydrogen-bond acceptors (Lipinski definition) is 3. The molecule has 1 unspecified atom stereocenters. The summed E-state index contributed by atoms with van der Waals surface area (Å²) in [5, 5.41) is 3.42. The van der Waals surface area contributed by atoms with Crippen LogP contribution in [0, 0.1) is 5.92 Å². The summed E-state index contributed by atoms with van der Waals surface area (Å²) in [5.41, 5.74) is 1.28. The van der Waals surface area contributed by atoms with Gasteiger partial charge in [-0.3, -0.25) is 0 Å². The van der Waals surface area contributed by atoms with Crippen LogP contribution in [0.3, 0.4) is 0 Å². The molecule has 0 bridgehead atoms. The predicted molar refractivity (Wildman–Crippen MR) is 75.0 cm³/mol. The molecule has 0 saturated carbocycles. The van der Waals surface area contributed by atoms with Gasteiger partial charge in [0.2, 0.25) is 0 Å². The van der Waals surface area contributed by atoms with Crippen molar-refractivity contribution in [2.75, 3.05) is 20.3 Å². The van der Waals surface area contributed by atoms with Gasteiger partial charge in [-0.25, -0.2) is 0 Å². The van der Waals surface area contributed by atoms with Crippen LogP contribution in [0.15, 0.2) is 24.3 Å². The Morgan fingerprint density at radius 3 is 2.33 bits per heavy atom. The number of nitrogens with one attached hydrogen (secondary N) is 1. The third kappa shape index (κ3) is 6.03. The average Bonchev–Trinajstić information content (AvgIpc) is 2.37. The lowest BCUT2D eigenvalue weighted by atomic mass is 10.2. The van der Waals surface area contributed by atoms with Gasteiger partial charge in [-0.2, -0.15) is 0 Å². The van der Waals surface area contributed by atoms with Crippen molar-refractivity contribution in [3.8, 4) is 5.75 Å². The van der Waals surface area contributed by atoms with Gasteiger partial charge in [0, 0.05) is 13.7 Å². The van der Waals surface area contributed by atoms with E-state index in [1.165, 1.54) is 5.56 Å². The molecule has 0 radical (unpaired) electrons. The van der Waals surface area contributed by atoms with E-state index >= 15 is 0 Å². The Morgan fingerprint density at radius 1 is 1.11 bits per heavy atom. The SMILES string of the molecule is COC(C)COc1ccc(CNCC(C)C)cc1. The van der Waals surface area contributed by atoms with E-state index in [4.69, 9.17) is 9.47 Å². The number of hydrogen-bond donors (Lipinski definition) is 1. The molecule has 0 fully saturated rings. The van der Waals surface area contributed by atoms with E-state index in [0.29, 0.717) is 12.5 Å². The van der Waals surface area contributed by atoms with Gasteiger partial charge in [0.05, 0.1) is 6.10 Å². The van der Waals surface area contributed by atoms with Crippen LogP contribution in [0.1, 0.15) is 26.3 Å². The van der Waals surface area contributed by atoms with E-state index in [-0.39, 0.29) is 6.10 Å². The summed E-state index contributed by atoms with van der Waals surface area (Å²) >= 11 is 0. The van der Waals surface area contributed by atoms with Gasteiger partial charge < -0.3 is 14.8 Å². The molecular formula is C15H25NO2. The molecule has 0 aliphatic carbocycles. The van der Waals surface area contributed by atoms with E-state index in [1.54, 1.807) is 7.11 Å². The zero-order chi connectivity index (χ0) is 13.4. The summed E-state index contributed by atoms with van der Waals surface area (Å²) in [6.45, 7) is 8.95. The second kappa shape index (κ2) is 8.11. The van der Waals surface area contributed by atoms with Gasteiger partial charge in [-0.05, 0) is 37.1 Å². The lowest BCUT2D eigenvalue weighted by Crippen LogP contribution is -2.19. The molecule has 0 aliphatic heterocycles. The minimum atomic E-state index is 0.123. The largest absolute Gasteiger partial charge is 0.491 e. The van der Waals surface area contributed by atoms with Crippen LogP contribution in [0.5, 0.6) is 5.75 Å². The third-order valence-electron chi connectivity index (χ3n) is 2.69. The first-order valence-electron chi connectivity index (χ1n) is 6.57. The van der Waals surface area contributed by atoms with E-state index in [2.05, 4.69) is 31.3 Å². The van der Waals surface area contributed by atoms with Gasteiger partial charge in [-0.15, -0.1) is 0 Å². The summed E-state index contributed by atoms with van der Waals surface area (Å²) in [6.07, 6.45) is 0.123. The quantitative estimate of drug-likeness (QED) is 0.770. The molecule has 0 heterocycles. The van der Waals surface area contributed by atoms with Crippen molar-refractivity contribution in [3.05, 3.63) is 29.8 Å². The van der Waals surface area contributed by atoms with Crippen LogP contribution in [0.25, 0.3) is 0 Å². The molecule has 1 aromatic rings. The van der Waals surface area contributed by atoms with E-state index in [9.17, 15) is 0 Å². The smallest absolute Gasteiger partial charge is 0.119 e. The normalized spacial score (nSPS) is 12.7. The van der Waals surface area contributed by atoms with Gasteiger partial charge in [0.1, 0.15) is 12.4 Å². The van der Waals surface area contributed by atoms with E-state index in [1.807, 2.05) is 19.1 Å². The minimum absolute atomic E-state index is 0.123. The van der Waals surface area contributed by atoms with Crippen LogP contribution in [-0.2, 0) is 11.3 Å². The highest BCUT2D eigenvalue weighted by Crippen LogP contribution is 2.12. The highest BCUT2D eigenvalue weighted by Gasteiger charge is 2.01. The van der Waals surface area contributed by atoms with Crippen molar-refractivity contribution >= 4 is 0 Å². The number of benzene rings is 1. The molecule has 3 heteroatoms. The zero-order valence-corrected chi connectivity index (χ0v) is 11.9. The Hall–Kier alpha value is -1.06. The van der Waals surface area contributed by atoms with Crippen LogP contribution in [0.4, 0.5) is 0 Å². The first-order valence-corrected chi connectivity index (χ1v) is 6.57. The fraction of sp³-hybridized carbons (Fsp3) is 0.600. The predicted octanol–water partition coefficient (Wildman–Crippen LogP) is 2.85. The molecule has 0 saturated heterocycles. The maximum atomic E-state index is 5.61. The van der Waals surface area contributed by atoms with Crippen molar-refractivity contribution in [3.63, 3.8) is 0 Å². The van der Waals surface area contributed by atoms with Gasteiger partial charge in [0.15, 0.2) is 0 Å². The molecule has 3 nitrogen and oxygen atoms in total. The second-order valence-electron chi connectivity index (χ2n) is 5.03. The first-order chi connectivity index (χ1) is 8.61. The molecule has 0 aliphatic rings. The molecule has 1 N–H and O–H groups in total. The van der Waals surface area contributed by atoms with Gasteiger partial charge in [0.25, 0.3) is 0 Å². The zero-order valence-electron chi connectivity index (χ0n) is 11.9. The molecule has 1 aromatic carbocycles. The molecule has 0 amide bonds. The van der Waals surface area contributed by atoms with Gasteiger partial charge in [-0.1, -0.05) is 26.0 Å². The number of rotatable bonds is 8. The highest BCUT2D eigenvalue weighted by molar-refractivity contribution is 5.27. The Bertz CT molecular complexity index is 322. The summed E-state index contributed by atoms with van der Waals surface area (Å²) in [6, 6.07) is 8.21. The third-order valence-corrected chi connectivity index (χ3v) is 2.69. The molecular weight excluding hydrogens is 226 g/mol. The monoisotopic (exact) mass is 251 g/mol. The first kappa shape index (κ1) is 15.0. The maximum Gasteiger partial charge on any atom is 0.119 e. The molecule has 0 aromatic heterocycles. The van der Waals surface area contributed by atoms with Crippen molar-refractivity contribution in [2.24, 2.45) is 5.92 Å². The van der Waals surface area contributed by atoms with Crippen LogP contribution >= 0.6 is 0 Å². The summed E-state index contributed by atoms with van der Waals surface area (Å²) < 4.78 is 10.7. The summed E-state index contributed by atoms with van der Waals surface area (Å²) in [4.78, 5) is 0. The molecule has 0 spiro atoms. The molecule has 18 heavy (non-hydrogen) atoms. The van der Waals surface area contributed by atoms with Crippen molar-refractivity contribution < 1.29 is 9.47 Å². The fourth-order valence-electron chi connectivity index (χ4n) is 1.49. The fourth-order valence-corrected chi connectivity index (χ4v) is 1.49. The Labute approximate surface area is 110 Å². The van der Waals surface area contributed by atoms with Crippen LogP contribution in [-0.4, -0.2) is 26.4 Å². The Balaban J connectivity index is 2.33. The van der Waals surface area contributed by atoms with E-state index in [0.717, 1.165) is 18.8 Å². The summed E-state index contributed by atoms with van der Waals surface area (Å²) in [5.74, 6) is 1.58. The lowest BCUT2D eigenvalue weighted by Gasteiger charge is -2.12. The Morgan fingerprint density at radius 2 is 1.78 bits per heavy atom. The average molecular weight is 251 g/mol. The standard InChI is InChI=1S/C15H25NO2/c1-12(2)9-16-10-14-5-7-15(8-6-14)18-11-13(3)17-4/h5-8,12-13,16H,9-11H2,1-4H3. The maximum absolute atomic E-state index is 5.61. The molecule has 1 rings (SSSR count). The van der Waals surface area contributed by atoms with Crippen molar-refractivity contribution in [2.45, 2.75) is 33.4 Å². The van der Waals surface area contributed by atoms with Gasteiger partial charge >= 0.3 is 0 Å². The number of methoxy groups -OCH3 is 1. The molecule has 1 atom stereocenters. The van der Waals surface area contributed by atoms with Crippen LogP contribution < -0.4 is 10.1 Å². The van der Waals surface area contributed by atoms with Crippen LogP contribution in [0.2, 0.25) is 0 Å². The number of ether oxygens (including phenoxy) is 2. The van der Waals surface area contributed by atoms with E-state index < -0.39 is 0 Å². The van der Waals surface area contributed by atoms with Crippen molar-refractivity contribution in [1.29, 1.82) is 0 Å². The Kier molecular flexibility index (Phi) is 6.76. The minimum Gasteiger partial charge on any atom is -0.491 e. The highest BCUT2D eigenvalue weighted by atomic mass is 16.5. The topological polar surface area (TPSA) is 30.5 Å².